The van der Waals surface area contributed by atoms with Crippen molar-refractivity contribution in [2.24, 2.45) is 0 Å². The molecule has 0 atom stereocenters. The van der Waals surface area contributed by atoms with Gasteiger partial charge in [-0.1, -0.05) is 5.16 Å². The number of thiocarbonyl (C=S) groups is 1. The Morgan fingerprint density at radius 3 is 2.58 bits per heavy atom. The van der Waals surface area contributed by atoms with Crippen LogP contribution >= 0.6 is 12.2 Å². The van der Waals surface area contributed by atoms with Gasteiger partial charge in [0.05, 0.1) is 0 Å². The van der Waals surface area contributed by atoms with E-state index in [9.17, 15) is 4.39 Å². The Kier molecular flexibility index (Phi) is 3.80. The van der Waals surface area contributed by atoms with E-state index in [1.807, 2.05) is 6.92 Å². The Balaban J connectivity index is 2.07. The summed E-state index contributed by atoms with van der Waals surface area (Å²) in [5.74, 6) is 0.423. The van der Waals surface area contributed by atoms with Crippen LogP contribution in [0, 0.1) is 26.6 Å². The van der Waals surface area contributed by atoms with Crippen molar-refractivity contribution < 1.29 is 8.91 Å². The Hall–Kier alpha value is -1.95. The molecule has 2 N–H and O–H groups in total. The number of benzene rings is 1. The maximum Gasteiger partial charge on any atom is 0.175 e. The van der Waals surface area contributed by atoms with Crippen molar-refractivity contribution in [1.82, 2.24) is 5.16 Å². The highest BCUT2D eigenvalue weighted by molar-refractivity contribution is 7.80. The first-order chi connectivity index (χ1) is 8.97. The van der Waals surface area contributed by atoms with Gasteiger partial charge in [-0.05, 0) is 56.8 Å². The molecule has 0 aliphatic carbocycles. The number of anilines is 2. The van der Waals surface area contributed by atoms with Gasteiger partial charge in [-0.3, -0.25) is 0 Å². The molecule has 1 aromatic carbocycles. The molecule has 2 rings (SSSR count). The van der Waals surface area contributed by atoms with Crippen LogP contribution in [0.1, 0.15) is 17.0 Å². The van der Waals surface area contributed by atoms with Gasteiger partial charge in [0.15, 0.2) is 10.9 Å². The molecule has 19 heavy (non-hydrogen) atoms. The monoisotopic (exact) mass is 279 g/mol. The molecule has 100 valence electrons. The van der Waals surface area contributed by atoms with Gasteiger partial charge in [-0.25, -0.2) is 4.39 Å². The Bertz CT molecular complexity index is 605. The number of nitrogens with one attached hydrogen (secondary N) is 2. The maximum absolute atomic E-state index is 13.2. The van der Waals surface area contributed by atoms with Crippen LogP contribution in [-0.4, -0.2) is 10.3 Å². The number of aromatic nitrogens is 1. The number of hydrogen-bond acceptors (Lipinski definition) is 3. The number of hydrogen-bond donors (Lipinski definition) is 2. The van der Waals surface area contributed by atoms with E-state index in [1.54, 1.807) is 26.0 Å². The quantitative estimate of drug-likeness (QED) is 0.823. The molecule has 0 radical (unpaired) electrons. The van der Waals surface area contributed by atoms with Gasteiger partial charge >= 0.3 is 0 Å². The molecule has 6 heteroatoms. The van der Waals surface area contributed by atoms with E-state index >= 15 is 0 Å². The molecule has 0 amide bonds. The molecule has 0 fully saturated rings. The topological polar surface area (TPSA) is 50.1 Å². The van der Waals surface area contributed by atoms with Crippen LogP contribution in [0.3, 0.4) is 0 Å². The van der Waals surface area contributed by atoms with Gasteiger partial charge in [0, 0.05) is 5.69 Å². The average Bonchev–Trinajstić information content (AvgIpc) is 2.66. The molecule has 0 unspecified atom stereocenters. The summed E-state index contributed by atoms with van der Waals surface area (Å²) in [4.78, 5) is 0. The third-order valence-corrected chi connectivity index (χ3v) is 2.89. The molecular formula is C13H14FN3OS. The van der Waals surface area contributed by atoms with Crippen molar-refractivity contribution in [3.05, 3.63) is 41.0 Å². The highest BCUT2D eigenvalue weighted by Gasteiger charge is 2.10. The molecule has 0 saturated carbocycles. The van der Waals surface area contributed by atoms with Gasteiger partial charge in [-0.2, -0.15) is 0 Å². The minimum Gasteiger partial charge on any atom is -0.359 e. The number of halogens is 1. The zero-order valence-electron chi connectivity index (χ0n) is 10.9. The number of rotatable bonds is 2. The third-order valence-electron chi connectivity index (χ3n) is 2.69. The normalized spacial score (nSPS) is 10.3. The zero-order chi connectivity index (χ0) is 14.0. The van der Waals surface area contributed by atoms with Gasteiger partial charge in [0.25, 0.3) is 0 Å². The average molecular weight is 279 g/mol. The summed E-state index contributed by atoms with van der Waals surface area (Å²) in [5, 5.41) is 10.2. The predicted molar refractivity (Wildman–Crippen MR) is 77.0 cm³/mol. The fourth-order valence-electron chi connectivity index (χ4n) is 1.66. The molecular weight excluding hydrogens is 265 g/mol. The van der Waals surface area contributed by atoms with E-state index in [0.29, 0.717) is 16.4 Å². The molecule has 0 bridgehead atoms. The Morgan fingerprint density at radius 2 is 2.00 bits per heavy atom. The van der Waals surface area contributed by atoms with Crippen LogP contribution in [0.5, 0.6) is 0 Å². The minimum absolute atomic E-state index is 0.241. The first kappa shape index (κ1) is 13.5. The summed E-state index contributed by atoms with van der Waals surface area (Å²) in [6.07, 6.45) is 0. The molecule has 0 spiro atoms. The van der Waals surface area contributed by atoms with Crippen LogP contribution in [0.25, 0.3) is 0 Å². The summed E-state index contributed by atoms with van der Waals surface area (Å²) < 4.78 is 18.2. The third kappa shape index (κ3) is 3.08. The van der Waals surface area contributed by atoms with Gasteiger partial charge in [0.1, 0.15) is 17.2 Å². The van der Waals surface area contributed by atoms with Crippen LogP contribution in [0.15, 0.2) is 22.7 Å². The smallest absolute Gasteiger partial charge is 0.175 e. The lowest BCUT2D eigenvalue weighted by Crippen LogP contribution is -2.19. The lowest BCUT2D eigenvalue weighted by Gasteiger charge is -2.10. The first-order valence-corrected chi connectivity index (χ1v) is 6.15. The van der Waals surface area contributed by atoms with Crippen molar-refractivity contribution in [2.45, 2.75) is 20.8 Å². The first-order valence-electron chi connectivity index (χ1n) is 5.74. The van der Waals surface area contributed by atoms with Gasteiger partial charge in [-0.15, -0.1) is 0 Å². The fourth-order valence-corrected chi connectivity index (χ4v) is 1.88. The molecule has 0 aliphatic rings. The summed E-state index contributed by atoms with van der Waals surface area (Å²) in [7, 11) is 0. The van der Waals surface area contributed by atoms with Crippen LogP contribution in [0.2, 0.25) is 0 Å². The summed E-state index contributed by atoms with van der Waals surface area (Å²) >= 11 is 5.19. The van der Waals surface area contributed by atoms with E-state index in [-0.39, 0.29) is 5.82 Å². The second-order valence-electron chi connectivity index (χ2n) is 4.24. The summed E-state index contributed by atoms with van der Waals surface area (Å²) in [6.45, 7) is 5.32. The largest absolute Gasteiger partial charge is 0.359 e. The van der Waals surface area contributed by atoms with E-state index in [4.69, 9.17) is 16.7 Å². The van der Waals surface area contributed by atoms with E-state index < -0.39 is 0 Å². The molecule has 1 aromatic heterocycles. The van der Waals surface area contributed by atoms with E-state index in [0.717, 1.165) is 17.1 Å². The van der Waals surface area contributed by atoms with Gasteiger partial charge in [0.2, 0.25) is 0 Å². The standard InChI is InChI=1S/C13H14FN3OS/c1-7-6-10(4-5-11(7)14)15-13(19)16-12-8(2)17-18-9(12)3/h4-6H,1-3H3,(H2,15,16,19). The molecule has 4 nitrogen and oxygen atoms in total. The van der Waals surface area contributed by atoms with Crippen LogP contribution in [0.4, 0.5) is 15.8 Å². The Morgan fingerprint density at radius 1 is 1.26 bits per heavy atom. The number of nitrogens with zero attached hydrogens (tertiary/aromatic N) is 1. The molecule has 0 saturated heterocycles. The van der Waals surface area contributed by atoms with Crippen molar-refractivity contribution in [2.75, 3.05) is 10.6 Å². The maximum atomic E-state index is 13.2. The Labute approximate surface area is 116 Å². The van der Waals surface area contributed by atoms with Gasteiger partial charge < -0.3 is 15.2 Å². The van der Waals surface area contributed by atoms with Crippen molar-refractivity contribution >= 4 is 28.7 Å². The lowest BCUT2D eigenvalue weighted by molar-refractivity contribution is 0.393. The van der Waals surface area contributed by atoms with Crippen molar-refractivity contribution in [3.8, 4) is 0 Å². The highest BCUT2D eigenvalue weighted by atomic mass is 32.1. The summed E-state index contributed by atoms with van der Waals surface area (Å²) in [6, 6.07) is 4.72. The lowest BCUT2D eigenvalue weighted by atomic mass is 10.2. The minimum atomic E-state index is -0.241. The molecule has 2 aromatic rings. The SMILES string of the molecule is Cc1cc(NC(=S)Nc2c(C)noc2C)ccc1F. The summed E-state index contributed by atoms with van der Waals surface area (Å²) in [5.41, 5.74) is 2.77. The molecule has 0 aliphatic heterocycles. The zero-order valence-corrected chi connectivity index (χ0v) is 11.7. The van der Waals surface area contributed by atoms with Crippen molar-refractivity contribution in [1.29, 1.82) is 0 Å². The van der Waals surface area contributed by atoms with Crippen LogP contribution in [-0.2, 0) is 0 Å². The fraction of sp³-hybridized carbons (Fsp3) is 0.231. The highest BCUT2D eigenvalue weighted by Crippen LogP contribution is 2.19. The van der Waals surface area contributed by atoms with Crippen molar-refractivity contribution in [3.63, 3.8) is 0 Å². The predicted octanol–water partition coefficient (Wildman–Crippen LogP) is 3.55. The van der Waals surface area contributed by atoms with E-state index in [2.05, 4.69) is 15.8 Å². The van der Waals surface area contributed by atoms with E-state index in [1.165, 1.54) is 6.07 Å². The molecule has 1 heterocycles. The number of aryl methyl sites for hydroxylation is 3. The second kappa shape index (κ2) is 5.36. The van der Waals surface area contributed by atoms with Crippen LogP contribution < -0.4 is 10.6 Å². The second-order valence-corrected chi connectivity index (χ2v) is 4.65.